The third kappa shape index (κ3) is 3.34. The molecule has 3 heteroatoms. The van der Waals surface area contributed by atoms with Crippen LogP contribution in [0.15, 0.2) is 23.8 Å². The summed E-state index contributed by atoms with van der Waals surface area (Å²) in [4.78, 5) is 11.3. The van der Waals surface area contributed by atoms with Gasteiger partial charge in [0.15, 0.2) is 0 Å². The second kappa shape index (κ2) is 5.60. The molecule has 0 spiro atoms. The number of nitrogens with two attached hydrogens (primary N) is 1. The Bertz CT molecular complexity index is 256. The molecule has 0 saturated carbocycles. The van der Waals surface area contributed by atoms with Gasteiger partial charge < -0.3 is 11.1 Å². The molecule has 1 aliphatic carbocycles. The Labute approximate surface area is 85.1 Å². The second-order valence-corrected chi connectivity index (χ2v) is 3.50. The molecule has 0 fully saturated rings. The van der Waals surface area contributed by atoms with Crippen LogP contribution in [0, 0.1) is 0 Å². The molecule has 14 heavy (non-hydrogen) atoms. The normalized spacial score (nSPS) is 17.4. The van der Waals surface area contributed by atoms with Crippen LogP contribution in [0.2, 0.25) is 0 Å². The van der Waals surface area contributed by atoms with E-state index in [9.17, 15) is 4.79 Å². The molecule has 3 N–H and O–H groups in total. The lowest BCUT2D eigenvalue weighted by Gasteiger charge is -2.14. The van der Waals surface area contributed by atoms with Crippen molar-refractivity contribution >= 4 is 5.91 Å². The lowest BCUT2D eigenvalue weighted by molar-refractivity contribution is -0.122. The molecule has 3 nitrogen and oxygen atoms in total. The predicted molar refractivity (Wildman–Crippen MR) is 57.7 cm³/mol. The van der Waals surface area contributed by atoms with Gasteiger partial charge in [-0.2, -0.15) is 0 Å². The Balaban J connectivity index is 2.39. The first-order chi connectivity index (χ1) is 6.74. The molecule has 0 aromatic rings. The van der Waals surface area contributed by atoms with Crippen molar-refractivity contribution in [2.24, 2.45) is 5.73 Å². The van der Waals surface area contributed by atoms with Crippen LogP contribution in [0.1, 0.15) is 26.2 Å². The van der Waals surface area contributed by atoms with E-state index in [4.69, 9.17) is 5.73 Å². The molecule has 0 bridgehead atoms. The fourth-order valence-corrected chi connectivity index (χ4v) is 1.50. The first-order valence-electron chi connectivity index (χ1n) is 5.12. The van der Waals surface area contributed by atoms with Crippen LogP contribution in [0.25, 0.3) is 0 Å². The fraction of sp³-hybridized carbons (Fsp3) is 0.545. The summed E-state index contributed by atoms with van der Waals surface area (Å²) in [6, 6.07) is -0.396. The van der Waals surface area contributed by atoms with Crippen LogP contribution >= 0.6 is 0 Å². The van der Waals surface area contributed by atoms with Gasteiger partial charge in [0.1, 0.15) is 0 Å². The maximum atomic E-state index is 11.3. The maximum Gasteiger partial charge on any atom is 0.237 e. The molecule has 0 aliphatic heterocycles. The Morgan fingerprint density at radius 2 is 2.50 bits per heavy atom. The van der Waals surface area contributed by atoms with E-state index in [2.05, 4.69) is 17.5 Å². The van der Waals surface area contributed by atoms with Crippen LogP contribution < -0.4 is 11.1 Å². The minimum Gasteiger partial charge on any atom is -0.355 e. The van der Waals surface area contributed by atoms with Crippen LogP contribution in [-0.2, 0) is 4.79 Å². The van der Waals surface area contributed by atoms with Gasteiger partial charge in [-0.05, 0) is 26.2 Å². The van der Waals surface area contributed by atoms with Crippen molar-refractivity contribution in [2.75, 3.05) is 6.54 Å². The Kier molecular flexibility index (Phi) is 4.40. The molecule has 1 atom stereocenters. The summed E-state index contributed by atoms with van der Waals surface area (Å²) in [7, 11) is 0. The van der Waals surface area contributed by atoms with Crippen molar-refractivity contribution < 1.29 is 4.79 Å². The summed E-state index contributed by atoms with van der Waals surface area (Å²) in [6.45, 7) is 2.54. The minimum atomic E-state index is -0.396. The SMILES string of the molecule is CCNC(=O)C(N)CC1=CC=CCC1. The molecule has 0 aromatic carbocycles. The van der Waals surface area contributed by atoms with Crippen LogP contribution in [0.3, 0.4) is 0 Å². The molecule has 78 valence electrons. The van der Waals surface area contributed by atoms with Gasteiger partial charge in [0.05, 0.1) is 6.04 Å². The van der Waals surface area contributed by atoms with E-state index in [1.54, 1.807) is 0 Å². The van der Waals surface area contributed by atoms with E-state index in [1.807, 2.05) is 13.0 Å². The minimum absolute atomic E-state index is 0.0528. The fourth-order valence-electron chi connectivity index (χ4n) is 1.50. The Morgan fingerprint density at radius 1 is 1.71 bits per heavy atom. The molecule has 0 radical (unpaired) electrons. The lowest BCUT2D eigenvalue weighted by Crippen LogP contribution is -2.40. The number of carbonyl (C=O) groups is 1. The summed E-state index contributed by atoms with van der Waals surface area (Å²) >= 11 is 0. The van der Waals surface area contributed by atoms with Gasteiger partial charge in [-0.3, -0.25) is 4.79 Å². The van der Waals surface area contributed by atoms with E-state index in [1.165, 1.54) is 5.57 Å². The van der Waals surface area contributed by atoms with Gasteiger partial charge in [0, 0.05) is 6.54 Å². The topological polar surface area (TPSA) is 55.1 Å². The number of rotatable bonds is 4. The number of hydrogen-bond donors (Lipinski definition) is 2. The smallest absolute Gasteiger partial charge is 0.237 e. The monoisotopic (exact) mass is 194 g/mol. The van der Waals surface area contributed by atoms with Crippen molar-refractivity contribution in [1.29, 1.82) is 0 Å². The molecule has 1 amide bonds. The average molecular weight is 194 g/mol. The summed E-state index contributed by atoms with van der Waals surface area (Å²) in [5, 5.41) is 2.73. The van der Waals surface area contributed by atoms with Crippen LogP contribution in [0.4, 0.5) is 0 Å². The molecule has 1 aliphatic rings. The van der Waals surface area contributed by atoms with Crippen molar-refractivity contribution in [2.45, 2.75) is 32.2 Å². The number of nitrogens with one attached hydrogen (secondary N) is 1. The number of allylic oxidation sites excluding steroid dienone is 3. The van der Waals surface area contributed by atoms with E-state index in [0.29, 0.717) is 13.0 Å². The van der Waals surface area contributed by atoms with Gasteiger partial charge in [-0.15, -0.1) is 0 Å². The zero-order valence-electron chi connectivity index (χ0n) is 8.62. The molecule has 0 heterocycles. The van der Waals surface area contributed by atoms with Crippen molar-refractivity contribution in [3.05, 3.63) is 23.8 Å². The number of likely N-dealkylation sites (N-methyl/N-ethyl adjacent to an activating group) is 1. The van der Waals surface area contributed by atoms with Crippen molar-refractivity contribution in [3.63, 3.8) is 0 Å². The van der Waals surface area contributed by atoms with E-state index >= 15 is 0 Å². The van der Waals surface area contributed by atoms with Crippen LogP contribution in [0.5, 0.6) is 0 Å². The van der Waals surface area contributed by atoms with Crippen molar-refractivity contribution in [1.82, 2.24) is 5.32 Å². The first-order valence-corrected chi connectivity index (χ1v) is 5.12. The summed E-state index contributed by atoms with van der Waals surface area (Å²) in [5.74, 6) is -0.0528. The quantitative estimate of drug-likeness (QED) is 0.704. The third-order valence-corrected chi connectivity index (χ3v) is 2.27. The van der Waals surface area contributed by atoms with E-state index in [0.717, 1.165) is 12.8 Å². The summed E-state index contributed by atoms with van der Waals surface area (Å²) in [6.07, 6.45) is 8.99. The van der Waals surface area contributed by atoms with Gasteiger partial charge in [-0.1, -0.05) is 23.8 Å². The van der Waals surface area contributed by atoms with Gasteiger partial charge in [0.2, 0.25) is 5.91 Å². The average Bonchev–Trinajstić information content (AvgIpc) is 2.19. The zero-order valence-corrected chi connectivity index (χ0v) is 8.62. The van der Waals surface area contributed by atoms with Crippen molar-refractivity contribution in [3.8, 4) is 0 Å². The molecule has 1 rings (SSSR count). The molecule has 1 unspecified atom stereocenters. The molecule has 0 aromatic heterocycles. The predicted octanol–water partition coefficient (Wildman–Crippen LogP) is 1.12. The van der Waals surface area contributed by atoms with Gasteiger partial charge in [0.25, 0.3) is 0 Å². The summed E-state index contributed by atoms with van der Waals surface area (Å²) < 4.78 is 0. The number of hydrogen-bond acceptors (Lipinski definition) is 2. The first kappa shape index (κ1) is 11.0. The summed E-state index contributed by atoms with van der Waals surface area (Å²) in [5.41, 5.74) is 7.03. The highest BCUT2D eigenvalue weighted by atomic mass is 16.2. The van der Waals surface area contributed by atoms with E-state index in [-0.39, 0.29) is 5.91 Å². The highest BCUT2D eigenvalue weighted by molar-refractivity contribution is 5.81. The Hall–Kier alpha value is -1.09. The standard InChI is InChI=1S/C11H18N2O/c1-2-13-11(14)10(12)8-9-6-4-3-5-7-9/h3-4,6,10H,2,5,7-8,12H2,1H3,(H,13,14). The maximum absolute atomic E-state index is 11.3. The molecular weight excluding hydrogens is 176 g/mol. The molecular formula is C11H18N2O. The number of amides is 1. The van der Waals surface area contributed by atoms with Gasteiger partial charge >= 0.3 is 0 Å². The molecule has 0 saturated heterocycles. The second-order valence-electron chi connectivity index (χ2n) is 3.50. The van der Waals surface area contributed by atoms with Crippen LogP contribution in [-0.4, -0.2) is 18.5 Å². The zero-order chi connectivity index (χ0) is 10.4. The van der Waals surface area contributed by atoms with E-state index < -0.39 is 6.04 Å². The largest absolute Gasteiger partial charge is 0.355 e. The highest BCUT2D eigenvalue weighted by Crippen LogP contribution is 2.16. The number of carbonyl (C=O) groups excluding carboxylic acids is 1. The third-order valence-electron chi connectivity index (χ3n) is 2.27. The lowest BCUT2D eigenvalue weighted by atomic mass is 9.98. The highest BCUT2D eigenvalue weighted by Gasteiger charge is 2.14. The van der Waals surface area contributed by atoms with Gasteiger partial charge in [-0.25, -0.2) is 0 Å². The Morgan fingerprint density at radius 3 is 3.07 bits per heavy atom.